The Kier molecular flexibility index (Phi) is 3.46. The normalized spacial score (nSPS) is 24.1. The highest BCUT2D eigenvalue weighted by molar-refractivity contribution is 6.30. The first-order valence-corrected chi connectivity index (χ1v) is 8.12. The smallest absolute Gasteiger partial charge is 0.273 e. The minimum absolute atomic E-state index is 0.0106. The summed E-state index contributed by atoms with van der Waals surface area (Å²) in [5.74, 6) is 0.179. The number of non-ortho nitro benzene ring substituents is 1. The first-order valence-electron chi connectivity index (χ1n) is 7.74. The molecule has 122 valence electrons. The van der Waals surface area contributed by atoms with Crippen LogP contribution in [0.1, 0.15) is 29.5 Å². The maximum absolute atomic E-state index is 11.1. The number of nitrogens with zero attached hydrogens (tertiary/aromatic N) is 1. The van der Waals surface area contributed by atoms with Crippen LogP contribution < -0.4 is 5.32 Å². The highest BCUT2D eigenvalue weighted by Gasteiger charge is 2.39. The highest BCUT2D eigenvalue weighted by atomic mass is 35.5. The van der Waals surface area contributed by atoms with Crippen LogP contribution in [0.5, 0.6) is 5.75 Å². The van der Waals surface area contributed by atoms with Gasteiger partial charge in [0, 0.05) is 17.0 Å². The van der Waals surface area contributed by atoms with Crippen molar-refractivity contribution in [2.24, 2.45) is 5.92 Å². The van der Waals surface area contributed by atoms with E-state index in [0.717, 1.165) is 17.5 Å². The minimum atomic E-state index is -0.475. The van der Waals surface area contributed by atoms with Crippen LogP contribution in [0.2, 0.25) is 5.02 Å². The Bertz CT molecular complexity index is 865. The van der Waals surface area contributed by atoms with E-state index in [-0.39, 0.29) is 29.3 Å². The number of hydrogen-bond donors (Lipinski definition) is 2. The van der Waals surface area contributed by atoms with Gasteiger partial charge in [-0.1, -0.05) is 35.9 Å². The molecule has 1 heterocycles. The zero-order valence-corrected chi connectivity index (χ0v) is 13.4. The lowest BCUT2D eigenvalue weighted by Gasteiger charge is -2.37. The van der Waals surface area contributed by atoms with E-state index >= 15 is 0 Å². The lowest BCUT2D eigenvalue weighted by atomic mass is 9.76. The average molecular weight is 343 g/mol. The number of phenols is 1. The summed E-state index contributed by atoms with van der Waals surface area (Å²) in [5, 5.41) is 25.4. The van der Waals surface area contributed by atoms with Crippen molar-refractivity contribution in [3.63, 3.8) is 0 Å². The van der Waals surface area contributed by atoms with Gasteiger partial charge < -0.3 is 10.4 Å². The standard InChI is InChI=1S/C18H15ClN2O3/c19-11-4-1-3-10(7-11)17-14-6-2-5-13(14)15-8-12(21(23)24)9-16(22)18(15)20-17/h1-5,7-9,13-14,17,20,22H,6H2. The molecule has 2 aromatic rings. The van der Waals surface area contributed by atoms with E-state index < -0.39 is 4.92 Å². The highest BCUT2D eigenvalue weighted by Crippen LogP contribution is 2.53. The molecule has 1 aliphatic heterocycles. The summed E-state index contributed by atoms with van der Waals surface area (Å²) in [4.78, 5) is 10.6. The summed E-state index contributed by atoms with van der Waals surface area (Å²) in [6.45, 7) is 0. The summed E-state index contributed by atoms with van der Waals surface area (Å²) in [6, 6.07) is 10.4. The maximum Gasteiger partial charge on any atom is 0.273 e. The first-order chi connectivity index (χ1) is 11.5. The van der Waals surface area contributed by atoms with Crippen molar-refractivity contribution < 1.29 is 10.0 Å². The lowest BCUT2D eigenvalue weighted by Crippen LogP contribution is -2.29. The molecule has 5 nitrogen and oxygen atoms in total. The fourth-order valence-electron chi connectivity index (χ4n) is 3.80. The number of allylic oxidation sites excluding steroid dienone is 2. The Balaban J connectivity index is 1.83. The van der Waals surface area contributed by atoms with Crippen molar-refractivity contribution in [1.82, 2.24) is 0 Å². The maximum atomic E-state index is 11.1. The molecular weight excluding hydrogens is 328 g/mol. The molecule has 0 bridgehead atoms. The summed E-state index contributed by atoms with van der Waals surface area (Å²) in [7, 11) is 0. The first kappa shape index (κ1) is 15.0. The van der Waals surface area contributed by atoms with E-state index in [1.165, 1.54) is 6.07 Å². The van der Waals surface area contributed by atoms with E-state index in [0.29, 0.717) is 10.7 Å². The van der Waals surface area contributed by atoms with Gasteiger partial charge in [-0.25, -0.2) is 0 Å². The quantitative estimate of drug-likeness (QED) is 0.356. The number of nitro benzene ring substituents is 1. The van der Waals surface area contributed by atoms with Gasteiger partial charge >= 0.3 is 0 Å². The largest absolute Gasteiger partial charge is 0.506 e. The van der Waals surface area contributed by atoms with Crippen LogP contribution >= 0.6 is 11.6 Å². The predicted molar refractivity (Wildman–Crippen MR) is 92.6 cm³/mol. The van der Waals surface area contributed by atoms with Crippen molar-refractivity contribution in [3.05, 3.63) is 74.8 Å². The molecule has 2 aliphatic rings. The molecule has 0 spiro atoms. The Labute approximate surface area is 143 Å². The third kappa shape index (κ3) is 2.32. The summed E-state index contributed by atoms with van der Waals surface area (Å²) in [6.07, 6.45) is 5.04. The van der Waals surface area contributed by atoms with Crippen LogP contribution in [0.3, 0.4) is 0 Å². The molecule has 0 saturated heterocycles. The van der Waals surface area contributed by atoms with Gasteiger partial charge in [-0.3, -0.25) is 10.1 Å². The van der Waals surface area contributed by atoms with E-state index in [9.17, 15) is 15.2 Å². The molecule has 3 unspecified atom stereocenters. The number of phenolic OH excluding ortho intramolecular Hbond substituents is 1. The third-order valence-electron chi connectivity index (χ3n) is 4.85. The molecule has 1 aliphatic carbocycles. The minimum Gasteiger partial charge on any atom is -0.506 e. The molecule has 24 heavy (non-hydrogen) atoms. The molecule has 4 rings (SSSR count). The van der Waals surface area contributed by atoms with Gasteiger partial charge in [-0.15, -0.1) is 0 Å². The number of nitro groups is 1. The second-order valence-electron chi connectivity index (χ2n) is 6.22. The van der Waals surface area contributed by atoms with E-state index in [1.54, 1.807) is 6.07 Å². The number of rotatable bonds is 2. The SMILES string of the molecule is O=[N+]([O-])c1cc(O)c2c(c1)C1C=CCC1C(c1cccc(Cl)c1)N2. The number of hydrogen-bond acceptors (Lipinski definition) is 4. The summed E-state index contributed by atoms with van der Waals surface area (Å²) in [5.41, 5.74) is 2.30. The molecule has 3 atom stereocenters. The number of nitrogens with one attached hydrogen (secondary N) is 1. The monoisotopic (exact) mass is 342 g/mol. The van der Waals surface area contributed by atoms with Gasteiger partial charge in [0.2, 0.25) is 0 Å². The lowest BCUT2D eigenvalue weighted by molar-refractivity contribution is -0.385. The van der Waals surface area contributed by atoms with E-state index in [2.05, 4.69) is 17.5 Å². The van der Waals surface area contributed by atoms with Crippen LogP contribution in [0, 0.1) is 16.0 Å². The molecule has 2 N–H and O–H groups in total. The van der Waals surface area contributed by atoms with Crippen molar-refractivity contribution in [2.45, 2.75) is 18.4 Å². The van der Waals surface area contributed by atoms with E-state index in [1.807, 2.05) is 24.3 Å². The molecule has 0 saturated carbocycles. The van der Waals surface area contributed by atoms with Gasteiger partial charge in [0.25, 0.3) is 5.69 Å². The number of fused-ring (bicyclic) bond motifs is 3. The van der Waals surface area contributed by atoms with Gasteiger partial charge in [0.15, 0.2) is 0 Å². The van der Waals surface area contributed by atoms with Crippen LogP contribution in [-0.2, 0) is 0 Å². The average Bonchev–Trinajstić information content (AvgIpc) is 3.04. The van der Waals surface area contributed by atoms with Crippen LogP contribution in [0.25, 0.3) is 0 Å². The molecule has 0 aromatic heterocycles. The number of benzene rings is 2. The molecule has 6 heteroatoms. The number of anilines is 1. The topological polar surface area (TPSA) is 75.4 Å². The summed E-state index contributed by atoms with van der Waals surface area (Å²) >= 11 is 6.13. The fraction of sp³-hybridized carbons (Fsp3) is 0.222. The Morgan fingerprint density at radius 2 is 2.12 bits per heavy atom. The molecule has 0 fully saturated rings. The Morgan fingerprint density at radius 1 is 1.29 bits per heavy atom. The van der Waals surface area contributed by atoms with Crippen LogP contribution in [0.4, 0.5) is 11.4 Å². The zero-order valence-electron chi connectivity index (χ0n) is 12.6. The van der Waals surface area contributed by atoms with Crippen LogP contribution in [0.15, 0.2) is 48.6 Å². The van der Waals surface area contributed by atoms with E-state index in [4.69, 9.17) is 11.6 Å². The van der Waals surface area contributed by atoms with Gasteiger partial charge in [0.05, 0.1) is 22.7 Å². The van der Waals surface area contributed by atoms with Crippen molar-refractivity contribution in [1.29, 1.82) is 0 Å². The molecule has 0 amide bonds. The molecule has 0 radical (unpaired) electrons. The molecule has 2 aromatic carbocycles. The fourth-order valence-corrected chi connectivity index (χ4v) is 4.00. The summed E-state index contributed by atoms with van der Waals surface area (Å²) < 4.78 is 0. The van der Waals surface area contributed by atoms with Crippen molar-refractivity contribution in [3.8, 4) is 5.75 Å². The van der Waals surface area contributed by atoms with Crippen LogP contribution in [-0.4, -0.2) is 10.0 Å². The third-order valence-corrected chi connectivity index (χ3v) is 5.09. The molecular formula is C18H15ClN2O3. The number of aromatic hydroxyl groups is 1. The van der Waals surface area contributed by atoms with Gasteiger partial charge in [0.1, 0.15) is 5.75 Å². The Morgan fingerprint density at radius 3 is 2.88 bits per heavy atom. The zero-order chi connectivity index (χ0) is 16.8. The van der Waals surface area contributed by atoms with Crippen molar-refractivity contribution >= 4 is 23.0 Å². The predicted octanol–water partition coefficient (Wildman–Crippen LogP) is 4.78. The Hall–Kier alpha value is -2.53. The number of halogens is 1. The van der Waals surface area contributed by atoms with Crippen molar-refractivity contribution in [2.75, 3.05) is 5.32 Å². The van der Waals surface area contributed by atoms with Gasteiger partial charge in [-0.2, -0.15) is 0 Å². The van der Waals surface area contributed by atoms with Gasteiger partial charge in [-0.05, 0) is 35.6 Å². The second kappa shape index (κ2) is 5.53. The second-order valence-corrected chi connectivity index (χ2v) is 6.65.